The molecule has 1 fully saturated rings. The van der Waals surface area contributed by atoms with Gasteiger partial charge in [-0.05, 0) is 37.5 Å². The summed E-state index contributed by atoms with van der Waals surface area (Å²) in [6.45, 7) is 2.03. The third-order valence-corrected chi connectivity index (χ3v) is 3.85. The number of aryl methyl sites for hydroxylation is 1. The van der Waals surface area contributed by atoms with Crippen molar-refractivity contribution in [2.24, 2.45) is 0 Å². The molecule has 1 saturated carbocycles. The van der Waals surface area contributed by atoms with E-state index in [9.17, 15) is 5.11 Å². The van der Waals surface area contributed by atoms with Crippen molar-refractivity contribution in [3.05, 3.63) is 28.8 Å². The van der Waals surface area contributed by atoms with E-state index in [2.05, 4.69) is 23.2 Å². The van der Waals surface area contributed by atoms with Crippen LogP contribution in [0, 0.1) is 6.92 Å². The molecule has 0 spiro atoms. The Morgan fingerprint density at radius 1 is 1.47 bits per heavy atom. The second-order valence-electron chi connectivity index (χ2n) is 4.44. The number of nitrogens with zero attached hydrogens (tertiary/aromatic N) is 1. The zero-order valence-electron chi connectivity index (χ0n) is 8.66. The van der Waals surface area contributed by atoms with E-state index in [0.717, 1.165) is 29.8 Å². The van der Waals surface area contributed by atoms with Crippen molar-refractivity contribution >= 4 is 21.6 Å². The Labute approximate surface area is 92.6 Å². The van der Waals surface area contributed by atoms with Crippen molar-refractivity contribution in [1.29, 1.82) is 0 Å². The molecule has 0 atom stereocenters. The molecular formula is C12H13NOS. The van der Waals surface area contributed by atoms with Gasteiger partial charge in [-0.25, -0.2) is 4.98 Å². The molecule has 1 aromatic carbocycles. The third kappa shape index (κ3) is 1.77. The smallest absolute Gasteiger partial charge is 0.0907 e. The fraction of sp³-hybridized carbons (Fsp3) is 0.417. The van der Waals surface area contributed by atoms with Gasteiger partial charge in [0.25, 0.3) is 0 Å². The summed E-state index contributed by atoms with van der Waals surface area (Å²) in [7, 11) is 0. The number of aromatic nitrogens is 1. The van der Waals surface area contributed by atoms with Crippen molar-refractivity contribution in [2.75, 3.05) is 0 Å². The number of aliphatic hydroxyl groups is 1. The van der Waals surface area contributed by atoms with Crippen LogP contribution in [0.3, 0.4) is 0 Å². The SMILES string of the molecule is Cc1nc2ccc(CC3(O)CC3)cc2s1. The van der Waals surface area contributed by atoms with Gasteiger partial charge < -0.3 is 5.11 Å². The Morgan fingerprint density at radius 2 is 2.27 bits per heavy atom. The van der Waals surface area contributed by atoms with Crippen LogP contribution in [0.2, 0.25) is 0 Å². The van der Waals surface area contributed by atoms with Crippen molar-refractivity contribution in [3.63, 3.8) is 0 Å². The first-order valence-corrected chi connectivity index (χ1v) is 6.05. The predicted molar refractivity (Wildman–Crippen MR) is 62.2 cm³/mol. The van der Waals surface area contributed by atoms with Crippen LogP contribution in [0.25, 0.3) is 10.2 Å². The molecule has 3 rings (SSSR count). The normalized spacial score (nSPS) is 18.3. The number of hydrogen-bond acceptors (Lipinski definition) is 3. The molecular weight excluding hydrogens is 206 g/mol. The van der Waals surface area contributed by atoms with Crippen LogP contribution in [0.1, 0.15) is 23.4 Å². The summed E-state index contributed by atoms with van der Waals surface area (Å²) in [6.07, 6.45) is 2.69. The van der Waals surface area contributed by atoms with Crippen LogP contribution in [0.5, 0.6) is 0 Å². The third-order valence-electron chi connectivity index (χ3n) is 2.92. The molecule has 1 N–H and O–H groups in total. The van der Waals surface area contributed by atoms with Crippen LogP contribution in [-0.4, -0.2) is 15.7 Å². The number of benzene rings is 1. The monoisotopic (exact) mass is 219 g/mol. The van der Waals surface area contributed by atoms with E-state index in [0.29, 0.717) is 0 Å². The molecule has 0 saturated heterocycles. The Kier molecular flexibility index (Phi) is 1.88. The van der Waals surface area contributed by atoms with Gasteiger partial charge in [0.05, 0.1) is 20.8 Å². The van der Waals surface area contributed by atoms with Crippen molar-refractivity contribution in [1.82, 2.24) is 4.98 Å². The minimum absolute atomic E-state index is 0.395. The summed E-state index contributed by atoms with van der Waals surface area (Å²) in [4.78, 5) is 4.42. The predicted octanol–water partition coefficient (Wildman–Crippen LogP) is 2.67. The summed E-state index contributed by atoms with van der Waals surface area (Å²) in [6, 6.07) is 6.30. The summed E-state index contributed by atoms with van der Waals surface area (Å²) < 4.78 is 1.23. The van der Waals surface area contributed by atoms with Gasteiger partial charge in [0.2, 0.25) is 0 Å². The molecule has 1 aliphatic rings. The second-order valence-corrected chi connectivity index (χ2v) is 5.67. The average molecular weight is 219 g/mol. The summed E-state index contributed by atoms with van der Waals surface area (Å²) in [5, 5.41) is 11.0. The standard InChI is InChI=1S/C12H13NOS/c1-8-13-10-3-2-9(6-11(10)15-8)7-12(14)4-5-12/h2-3,6,14H,4-5,7H2,1H3. The number of hydrogen-bond donors (Lipinski definition) is 1. The van der Waals surface area contributed by atoms with E-state index >= 15 is 0 Å². The largest absolute Gasteiger partial charge is 0.390 e. The fourth-order valence-corrected chi connectivity index (χ4v) is 2.79. The van der Waals surface area contributed by atoms with Gasteiger partial charge in [0.1, 0.15) is 0 Å². The number of fused-ring (bicyclic) bond motifs is 1. The van der Waals surface area contributed by atoms with E-state index in [4.69, 9.17) is 0 Å². The first-order valence-electron chi connectivity index (χ1n) is 5.23. The van der Waals surface area contributed by atoms with Crippen LogP contribution in [0.4, 0.5) is 0 Å². The Balaban J connectivity index is 1.98. The second kappa shape index (κ2) is 3.03. The minimum Gasteiger partial charge on any atom is -0.390 e. The van der Waals surface area contributed by atoms with Crippen molar-refractivity contribution in [3.8, 4) is 0 Å². The molecule has 78 valence electrons. The summed E-state index contributed by atoms with van der Waals surface area (Å²) >= 11 is 1.72. The molecule has 3 heteroatoms. The van der Waals surface area contributed by atoms with E-state index < -0.39 is 5.60 Å². The van der Waals surface area contributed by atoms with E-state index in [1.54, 1.807) is 11.3 Å². The summed E-state index contributed by atoms with van der Waals surface area (Å²) in [5.41, 5.74) is 1.91. The minimum atomic E-state index is -0.395. The fourth-order valence-electron chi connectivity index (χ4n) is 1.90. The quantitative estimate of drug-likeness (QED) is 0.842. The van der Waals surface area contributed by atoms with Crippen LogP contribution >= 0.6 is 11.3 Å². The highest BCUT2D eigenvalue weighted by Crippen LogP contribution is 2.38. The summed E-state index contributed by atoms with van der Waals surface area (Å²) in [5.74, 6) is 0. The zero-order chi connectivity index (χ0) is 10.5. The molecule has 0 radical (unpaired) electrons. The molecule has 1 aromatic heterocycles. The van der Waals surface area contributed by atoms with Gasteiger partial charge in [0, 0.05) is 6.42 Å². The molecule has 0 bridgehead atoms. The maximum absolute atomic E-state index is 9.85. The topological polar surface area (TPSA) is 33.1 Å². The molecule has 15 heavy (non-hydrogen) atoms. The van der Waals surface area contributed by atoms with Crippen molar-refractivity contribution < 1.29 is 5.11 Å². The van der Waals surface area contributed by atoms with Gasteiger partial charge in [-0.1, -0.05) is 6.07 Å². The Morgan fingerprint density at radius 3 is 3.00 bits per heavy atom. The van der Waals surface area contributed by atoms with Crippen LogP contribution < -0.4 is 0 Å². The van der Waals surface area contributed by atoms with Crippen LogP contribution in [-0.2, 0) is 6.42 Å². The lowest BCUT2D eigenvalue weighted by Crippen LogP contribution is -2.10. The molecule has 1 heterocycles. The van der Waals surface area contributed by atoms with Gasteiger partial charge in [-0.15, -0.1) is 11.3 Å². The maximum Gasteiger partial charge on any atom is 0.0907 e. The van der Waals surface area contributed by atoms with Gasteiger partial charge in [-0.3, -0.25) is 0 Å². The first kappa shape index (κ1) is 9.31. The first-order chi connectivity index (χ1) is 7.15. The highest BCUT2D eigenvalue weighted by atomic mass is 32.1. The zero-order valence-corrected chi connectivity index (χ0v) is 9.47. The molecule has 2 nitrogen and oxygen atoms in total. The highest BCUT2D eigenvalue weighted by Gasteiger charge is 2.40. The molecule has 2 aromatic rings. The molecule has 0 aliphatic heterocycles. The van der Waals surface area contributed by atoms with E-state index in [-0.39, 0.29) is 0 Å². The average Bonchev–Trinajstić information content (AvgIpc) is 2.76. The van der Waals surface area contributed by atoms with Crippen molar-refractivity contribution in [2.45, 2.75) is 31.8 Å². The lowest BCUT2D eigenvalue weighted by molar-refractivity contribution is 0.151. The maximum atomic E-state index is 9.85. The number of rotatable bonds is 2. The Hall–Kier alpha value is -0.930. The molecule has 1 aliphatic carbocycles. The van der Waals surface area contributed by atoms with Crippen LogP contribution in [0.15, 0.2) is 18.2 Å². The lowest BCUT2D eigenvalue weighted by atomic mass is 10.1. The van der Waals surface area contributed by atoms with Gasteiger partial charge >= 0.3 is 0 Å². The number of thiazole rings is 1. The lowest BCUT2D eigenvalue weighted by Gasteiger charge is -2.06. The highest BCUT2D eigenvalue weighted by molar-refractivity contribution is 7.18. The molecule has 0 amide bonds. The van der Waals surface area contributed by atoms with Gasteiger partial charge in [-0.2, -0.15) is 0 Å². The Bertz CT molecular complexity index is 513. The van der Waals surface area contributed by atoms with Gasteiger partial charge in [0.15, 0.2) is 0 Å². The molecule has 0 unspecified atom stereocenters. The van der Waals surface area contributed by atoms with E-state index in [1.807, 2.05) is 6.92 Å². The van der Waals surface area contributed by atoms with E-state index in [1.165, 1.54) is 10.3 Å².